The summed E-state index contributed by atoms with van der Waals surface area (Å²) in [5.41, 5.74) is 1.48. The Bertz CT molecular complexity index is 979. The number of amides is 1. The molecule has 1 N–H and O–H groups in total. The van der Waals surface area contributed by atoms with Crippen LogP contribution in [0.25, 0.3) is 0 Å². The normalized spacial score (nSPS) is 15.4. The van der Waals surface area contributed by atoms with Crippen LogP contribution in [0.3, 0.4) is 0 Å². The maximum atomic E-state index is 14.6. The smallest absolute Gasteiger partial charge is 0.235 e. The topological polar surface area (TPSA) is 38.3 Å². The Morgan fingerprint density at radius 1 is 0.867 bits per heavy atom. The molecule has 0 heterocycles. The molecule has 1 amide bonds. The largest absolute Gasteiger partial charge is 0.489 e. The Labute approximate surface area is 176 Å². The highest BCUT2D eigenvalue weighted by atomic mass is 19.1. The first kappa shape index (κ1) is 20.1. The van der Waals surface area contributed by atoms with Crippen molar-refractivity contribution in [3.8, 4) is 5.75 Å². The quantitative estimate of drug-likeness (QED) is 0.529. The molecule has 4 rings (SSSR count). The van der Waals surface area contributed by atoms with Gasteiger partial charge in [0.25, 0.3) is 0 Å². The third-order valence-corrected chi connectivity index (χ3v) is 5.89. The Balaban J connectivity index is 1.47. The van der Waals surface area contributed by atoms with Gasteiger partial charge < -0.3 is 10.1 Å². The summed E-state index contributed by atoms with van der Waals surface area (Å²) in [6.45, 7) is 0.489. The predicted octanol–water partition coefficient (Wildman–Crippen LogP) is 6.25. The van der Waals surface area contributed by atoms with Gasteiger partial charge in [-0.1, -0.05) is 67.8 Å². The van der Waals surface area contributed by atoms with Gasteiger partial charge in [-0.2, -0.15) is 0 Å². The van der Waals surface area contributed by atoms with Gasteiger partial charge in [-0.15, -0.1) is 0 Å². The summed E-state index contributed by atoms with van der Waals surface area (Å²) in [5, 5.41) is 3.02. The number of benzene rings is 3. The van der Waals surface area contributed by atoms with Crippen LogP contribution in [0.1, 0.15) is 43.2 Å². The summed E-state index contributed by atoms with van der Waals surface area (Å²) in [5.74, 6) is 0.294. The zero-order chi connectivity index (χ0) is 20.8. The first-order valence-corrected chi connectivity index (χ1v) is 10.5. The first-order valence-electron chi connectivity index (χ1n) is 10.5. The molecule has 0 spiro atoms. The molecule has 3 nitrogen and oxygen atoms in total. The van der Waals surface area contributed by atoms with Gasteiger partial charge in [-0.25, -0.2) is 4.39 Å². The average Bonchev–Trinajstić information content (AvgIpc) is 2.80. The summed E-state index contributed by atoms with van der Waals surface area (Å²) in [6, 6.07) is 24.0. The fourth-order valence-corrected chi connectivity index (χ4v) is 4.25. The van der Waals surface area contributed by atoms with Crippen molar-refractivity contribution >= 4 is 11.6 Å². The van der Waals surface area contributed by atoms with Gasteiger partial charge in [0, 0.05) is 11.3 Å². The molecule has 3 aromatic carbocycles. The predicted molar refractivity (Wildman–Crippen MR) is 117 cm³/mol. The standard InChI is InChI=1S/C26H26FNO2/c27-24-12-6-5-11-23(24)26(17-7-2-8-18-26)25(29)28-21-13-15-22(16-14-21)30-19-20-9-3-1-4-10-20/h1,3-6,9-16H,2,7-8,17-19H2,(H,28,29). The second kappa shape index (κ2) is 9.12. The van der Waals surface area contributed by atoms with Crippen molar-refractivity contribution in [2.45, 2.75) is 44.1 Å². The van der Waals surface area contributed by atoms with Crippen LogP contribution in [-0.4, -0.2) is 5.91 Å². The monoisotopic (exact) mass is 403 g/mol. The fraction of sp³-hybridized carbons (Fsp3) is 0.269. The van der Waals surface area contributed by atoms with Crippen molar-refractivity contribution < 1.29 is 13.9 Å². The molecule has 0 radical (unpaired) electrons. The molecule has 1 aliphatic rings. The third-order valence-electron chi connectivity index (χ3n) is 5.89. The zero-order valence-corrected chi connectivity index (χ0v) is 16.9. The fourth-order valence-electron chi connectivity index (χ4n) is 4.25. The maximum Gasteiger partial charge on any atom is 0.235 e. The van der Waals surface area contributed by atoms with E-state index in [0.29, 0.717) is 30.7 Å². The minimum Gasteiger partial charge on any atom is -0.489 e. The molecule has 0 aliphatic heterocycles. The molecule has 0 unspecified atom stereocenters. The van der Waals surface area contributed by atoms with E-state index in [1.54, 1.807) is 18.2 Å². The highest BCUT2D eigenvalue weighted by molar-refractivity contribution is 5.99. The number of nitrogens with one attached hydrogen (secondary N) is 1. The van der Waals surface area contributed by atoms with Gasteiger partial charge in [0.1, 0.15) is 18.2 Å². The second-order valence-corrected chi connectivity index (χ2v) is 7.88. The minimum absolute atomic E-state index is 0.134. The minimum atomic E-state index is -0.813. The lowest BCUT2D eigenvalue weighted by Gasteiger charge is -2.36. The van der Waals surface area contributed by atoms with Crippen molar-refractivity contribution in [3.63, 3.8) is 0 Å². The van der Waals surface area contributed by atoms with Crippen molar-refractivity contribution in [2.24, 2.45) is 0 Å². The number of hydrogen-bond donors (Lipinski definition) is 1. The summed E-state index contributed by atoms with van der Waals surface area (Å²) >= 11 is 0. The number of hydrogen-bond acceptors (Lipinski definition) is 2. The van der Waals surface area contributed by atoms with Crippen LogP contribution >= 0.6 is 0 Å². The van der Waals surface area contributed by atoms with E-state index in [1.165, 1.54) is 6.07 Å². The molecule has 1 fully saturated rings. The Morgan fingerprint density at radius 3 is 2.23 bits per heavy atom. The highest BCUT2D eigenvalue weighted by Crippen LogP contribution is 2.41. The molecular formula is C26H26FNO2. The molecule has 0 bridgehead atoms. The zero-order valence-electron chi connectivity index (χ0n) is 16.9. The van der Waals surface area contributed by atoms with Crippen LogP contribution in [0.2, 0.25) is 0 Å². The van der Waals surface area contributed by atoms with E-state index in [4.69, 9.17) is 4.74 Å². The van der Waals surface area contributed by atoms with Crippen LogP contribution in [0.5, 0.6) is 5.75 Å². The molecule has 3 aromatic rings. The van der Waals surface area contributed by atoms with E-state index in [1.807, 2.05) is 54.6 Å². The Morgan fingerprint density at radius 2 is 1.53 bits per heavy atom. The number of carbonyl (C=O) groups is 1. The number of carbonyl (C=O) groups excluding carboxylic acids is 1. The molecule has 0 atom stereocenters. The lowest BCUT2D eigenvalue weighted by molar-refractivity contribution is -0.122. The van der Waals surface area contributed by atoms with Crippen molar-refractivity contribution in [1.29, 1.82) is 0 Å². The molecule has 30 heavy (non-hydrogen) atoms. The molecule has 0 saturated heterocycles. The lowest BCUT2D eigenvalue weighted by Crippen LogP contribution is -2.42. The Hall–Kier alpha value is -3.14. The number of ether oxygens (including phenoxy) is 1. The van der Waals surface area contributed by atoms with Gasteiger partial charge in [0.15, 0.2) is 0 Å². The van der Waals surface area contributed by atoms with E-state index in [9.17, 15) is 9.18 Å². The van der Waals surface area contributed by atoms with Gasteiger partial charge in [-0.05, 0) is 48.7 Å². The average molecular weight is 403 g/mol. The Kier molecular flexibility index (Phi) is 6.12. The maximum absolute atomic E-state index is 14.6. The summed E-state index contributed by atoms with van der Waals surface area (Å²) < 4.78 is 20.4. The first-order chi connectivity index (χ1) is 14.7. The van der Waals surface area contributed by atoms with E-state index in [-0.39, 0.29) is 11.7 Å². The third kappa shape index (κ3) is 4.38. The van der Waals surface area contributed by atoms with E-state index >= 15 is 0 Å². The van der Waals surface area contributed by atoms with Crippen LogP contribution in [-0.2, 0) is 16.8 Å². The highest BCUT2D eigenvalue weighted by Gasteiger charge is 2.42. The molecular weight excluding hydrogens is 377 g/mol. The van der Waals surface area contributed by atoms with Gasteiger partial charge in [0.2, 0.25) is 5.91 Å². The molecule has 4 heteroatoms. The number of halogens is 1. The molecule has 1 aliphatic carbocycles. The van der Waals surface area contributed by atoms with Crippen LogP contribution in [0.15, 0.2) is 78.9 Å². The van der Waals surface area contributed by atoms with Gasteiger partial charge in [-0.3, -0.25) is 4.79 Å². The second-order valence-electron chi connectivity index (χ2n) is 7.88. The van der Waals surface area contributed by atoms with E-state index < -0.39 is 5.41 Å². The summed E-state index contributed by atoms with van der Waals surface area (Å²) in [6.07, 6.45) is 4.26. The van der Waals surface area contributed by atoms with Gasteiger partial charge >= 0.3 is 0 Å². The van der Waals surface area contributed by atoms with Crippen molar-refractivity contribution in [3.05, 3.63) is 95.8 Å². The lowest BCUT2D eigenvalue weighted by atomic mass is 9.68. The van der Waals surface area contributed by atoms with Crippen LogP contribution in [0.4, 0.5) is 10.1 Å². The summed E-state index contributed by atoms with van der Waals surface area (Å²) in [7, 11) is 0. The molecule has 154 valence electrons. The van der Waals surface area contributed by atoms with Crippen LogP contribution in [0, 0.1) is 5.82 Å². The van der Waals surface area contributed by atoms with Crippen molar-refractivity contribution in [2.75, 3.05) is 5.32 Å². The van der Waals surface area contributed by atoms with E-state index in [2.05, 4.69) is 5.32 Å². The van der Waals surface area contributed by atoms with Crippen LogP contribution < -0.4 is 10.1 Å². The van der Waals surface area contributed by atoms with Gasteiger partial charge in [0.05, 0.1) is 5.41 Å². The van der Waals surface area contributed by atoms with E-state index in [0.717, 1.165) is 30.6 Å². The number of rotatable bonds is 6. The summed E-state index contributed by atoms with van der Waals surface area (Å²) in [4.78, 5) is 13.3. The molecule has 1 saturated carbocycles. The number of anilines is 1. The van der Waals surface area contributed by atoms with Crippen molar-refractivity contribution in [1.82, 2.24) is 0 Å². The SMILES string of the molecule is O=C(Nc1ccc(OCc2ccccc2)cc1)C1(c2ccccc2F)CCCCC1. The molecule has 0 aromatic heterocycles.